The molecule has 132 valence electrons. The number of rotatable bonds is 5. The Morgan fingerprint density at radius 3 is 2.56 bits per heavy atom. The first kappa shape index (κ1) is 18.3. The lowest BCUT2D eigenvalue weighted by molar-refractivity contribution is -0.144. The molecule has 0 spiro atoms. The number of aryl methyl sites for hydroxylation is 1. The largest absolute Gasteiger partial charge is 0.464 e. The van der Waals surface area contributed by atoms with Crippen LogP contribution in [0.15, 0.2) is 41.2 Å². The minimum absolute atomic E-state index is 0.116. The molecular formula is C18H21N3O4. The molecule has 0 bridgehead atoms. The number of pyridine rings is 1. The van der Waals surface area contributed by atoms with E-state index in [0.717, 1.165) is 5.56 Å². The van der Waals surface area contributed by atoms with Crippen LogP contribution in [-0.4, -0.2) is 29.6 Å². The van der Waals surface area contributed by atoms with Crippen molar-refractivity contribution in [2.75, 3.05) is 11.9 Å². The van der Waals surface area contributed by atoms with E-state index in [4.69, 9.17) is 4.74 Å². The van der Waals surface area contributed by atoms with E-state index in [1.807, 2.05) is 30.3 Å². The van der Waals surface area contributed by atoms with Crippen molar-refractivity contribution in [2.24, 2.45) is 0 Å². The Morgan fingerprint density at radius 2 is 1.92 bits per heavy atom. The highest BCUT2D eigenvalue weighted by Gasteiger charge is 2.19. The summed E-state index contributed by atoms with van der Waals surface area (Å²) in [5.41, 5.74) is 1.77. The quantitative estimate of drug-likeness (QED) is 0.726. The maximum atomic E-state index is 12.3. The van der Waals surface area contributed by atoms with E-state index in [1.165, 1.54) is 6.92 Å². The number of ether oxygens (including phenoxy) is 1. The second-order valence-electron chi connectivity index (χ2n) is 5.51. The molecule has 1 aromatic carbocycles. The van der Waals surface area contributed by atoms with Crippen LogP contribution in [0, 0.1) is 6.92 Å². The number of hydrogen-bond acceptors (Lipinski definition) is 4. The van der Waals surface area contributed by atoms with E-state index in [0.29, 0.717) is 11.3 Å². The van der Waals surface area contributed by atoms with Crippen molar-refractivity contribution in [1.29, 1.82) is 0 Å². The van der Waals surface area contributed by atoms with Crippen molar-refractivity contribution in [1.82, 2.24) is 10.3 Å². The van der Waals surface area contributed by atoms with Crippen molar-refractivity contribution in [2.45, 2.75) is 26.8 Å². The number of amides is 2. The first-order valence-corrected chi connectivity index (χ1v) is 7.96. The second kappa shape index (κ2) is 8.14. The minimum Gasteiger partial charge on any atom is -0.464 e. The Balaban J connectivity index is 2.26. The van der Waals surface area contributed by atoms with Gasteiger partial charge in [0.1, 0.15) is 11.7 Å². The summed E-state index contributed by atoms with van der Waals surface area (Å²) in [6.07, 6.45) is 0. The van der Waals surface area contributed by atoms with Crippen LogP contribution in [0.5, 0.6) is 0 Å². The van der Waals surface area contributed by atoms with Crippen LogP contribution in [0.2, 0.25) is 0 Å². The lowest BCUT2D eigenvalue weighted by Crippen LogP contribution is -2.42. The molecule has 0 unspecified atom stereocenters. The molecular weight excluding hydrogens is 322 g/mol. The van der Waals surface area contributed by atoms with Crippen LogP contribution >= 0.6 is 0 Å². The van der Waals surface area contributed by atoms with Crippen LogP contribution in [0.25, 0.3) is 11.1 Å². The zero-order valence-electron chi connectivity index (χ0n) is 14.4. The number of H-pyrrole nitrogens is 1. The number of aromatic amines is 1. The SMILES string of the molecule is CCOC(=O)[C@H](C)NC(=O)Nc1c(-c2ccccc2)cc(C)[nH]c1=O. The Hall–Kier alpha value is -3.09. The molecule has 3 N–H and O–H groups in total. The van der Waals surface area contributed by atoms with Crippen LogP contribution < -0.4 is 16.2 Å². The number of carbonyl (C=O) groups is 2. The Labute approximate surface area is 145 Å². The third-order valence-corrected chi connectivity index (χ3v) is 3.48. The standard InChI is InChI=1S/C18H21N3O4/c1-4-25-17(23)12(3)20-18(24)21-15-14(10-11(2)19-16(15)22)13-8-6-5-7-9-13/h5-10,12H,4H2,1-3H3,(H,19,22)(H2,20,21,24)/t12-/m0/s1. The van der Waals surface area contributed by atoms with E-state index in [-0.39, 0.29) is 12.3 Å². The first-order chi connectivity index (χ1) is 11.9. The molecule has 1 heterocycles. The molecule has 1 atom stereocenters. The molecule has 0 radical (unpaired) electrons. The highest BCUT2D eigenvalue weighted by Crippen LogP contribution is 2.25. The number of hydrogen-bond donors (Lipinski definition) is 3. The van der Waals surface area contributed by atoms with Crippen molar-refractivity contribution in [3.8, 4) is 11.1 Å². The minimum atomic E-state index is -0.829. The molecule has 0 aliphatic carbocycles. The van der Waals surface area contributed by atoms with Gasteiger partial charge in [0.05, 0.1) is 6.61 Å². The van der Waals surface area contributed by atoms with Crippen LogP contribution in [0.1, 0.15) is 19.5 Å². The van der Waals surface area contributed by atoms with Gasteiger partial charge < -0.3 is 20.4 Å². The fourth-order valence-electron chi connectivity index (χ4n) is 2.33. The predicted octanol–water partition coefficient (Wildman–Crippen LogP) is 2.42. The summed E-state index contributed by atoms with van der Waals surface area (Å²) in [6, 6.07) is 9.54. The first-order valence-electron chi connectivity index (χ1n) is 7.96. The second-order valence-corrected chi connectivity index (χ2v) is 5.51. The van der Waals surface area contributed by atoms with Gasteiger partial charge in [0, 0.05) is 11.3 Å². The van der Waals surface area contributed by atoms with E-state index >= 15 is 0 Å². The third-order valence-electron chi connectivity index (χ3n) is 3.48. The fourth-order valence-corrected chi connectivity index (χ4v) is 2.33. The molecule has 0 aliphatic rings. The maximum absolute atomic E-state index is 12.3. The average Bonchev–Trinajstić information content (AvgIpc) is 2.58. The van der Waals surface area contributed by atoms with Gasteiger partial charge >= 0.3 is 12.0 Å². The van der Waals surface area contributed by atoms with Crippen LogP contribution in [0.4, 0.5) is 10.5 Å². The monoisotopic (exact) mass is 343 g/mol. The van der Waals surface area contributed by atoms with Crippen molar-refractivity contribution < 1.29 is 14.3 Å². The van der Waals surface area contributed by atoms with Gasteiger partial charge in [-0.2, -0.15) is 0 Å². The van der Waals surface area contributed by atoms with Gasteiger partial charge in [-0.3, -0.25) is 4.79 Å². The molecule has 2 aromatic rings. The lowest BCUT2D eigenvalue weighted by Gasteiger charge is -2.15. The summed E-state index contributed by atoms with van der Waals surface area (Å²) in [7, 11) is 0. The van der Waals surface area contributed by atoms with Gasteiger partial charge in [0.15, 0.2) is 0 Å². The Morgan fingerprint density at radius 1 is 1.24 bits per heavy atom. The van der Waals surface area contributed by atoms with Crippen molar-refractivity contribution >= 4 is 17.7 Å². The van der Waals surface area contributed by atoms with Crippen LogP contribution in [-0.2, 0) is 9.53 Å². The van der Waals surface area contributed by atoms with Gasteiger partial charge in [-0.15, -0.1) is 0 Å². The van der Waals surface area contributed by atoms with Gasteiger partial charge in [0.2, 0.25) is 0 Å². The smallest absolute Gasteiger partial charge is 0.328 e. The van der Waals surface area contributed by atoms with Gasteiger partial charge in [-0.1, -0.05) is 30.3 Å². The van der Waals surface area contributed by atoms with Crippen LogP contribution in [0.3, 0.4) is 0 Å². The summed E-state index contributed by atoms with van der Waals surface area (Å²) >= 11 is 0. The average molecular weight is 343 g/mol. The zero-order chi connectivity index (χ0) is 18.4. The third kappa shape index (κ3) is 4.69. The van der Waals surface area contributed by atoms with E-state index in [1.54, 1.807) is 19.9 Å². The maximum Gasteiger partial charge on any atom is 0.328 e. The number of aromatic nitrogens is 1. The summed E-state index contributed by atoms with van der Waals surface area (Å²) in [4.78, 5) is 38.7. The molecule has 7 nitrogen and oxygen atoms in total. The molecule has 2 amide bonds. The lowest BCUT2D eigenvalue weighted by atomic mass is 10.0. The molecule has 25 heavy (non-hydrogen) atoms. The van der Waals surface area contributed by atoms with Crippen molar-refractivity contribution in [3.05, 3.63) is 52.4 Å². The summed E-state index contributed by atoms with van der Waals surface area (Å²) < 4.78 is 4.84. The number of carbonyl (C=O) groups excluding carboxylic acids is 2. The summed E-state index contributed by atoms with van der Waals surface area (Å²) in [5, 5.41) is 4.99. The fraction of sp³-hybridized carbons (Fsp3) is 0.278. The summed E-state index contributed by atoms with van der Waals surface area (Å²) in [5.74, 6) is -0.543. The number of esters is 1. The van der Waals surface area contributed by atoms with E-state index < -0.39 is 23.6 Å². The molecule has 1 aromatic heterocycles. The predicted molar refractivity (Wildman–Crippen MR) is 95.5 cm³/mol. The van der Waals surface area contributed by atoms with Gasteiger partial charge in [0.25, 0.3) is 5.56 Å². The van der Waals surface area contributed by atoms with E-state index in [9.17, 15) is 14.4 Å². The molecule has 0 fully saturated rings. The van der Waals surface area contributed by atoms with E-state index in [2.05, 4.69) is 15.6 Å². The highest BCUT2D eigenvalue weighted by molar-refractivity contribution is 5.96. The molecule has 2 rings (SSSR count). The molecule has 0 saturated heterocycles. The number of urea groups is 1. The number of anilines is 1. The number of benzene rings is 1. The topological polar surface area (TPSA) is 100 Å². The molecule has 7 heteroatoms. The highest BCUT2D eigenvalue weighted by atomic mass is 16.5. The Kier molecular flexibility index (Phi) is 5.94. The number of nitrogens with one attached hydrogen (secondary N) is 3. The zero-order valence-corrected chi connectivity index (χ0v) is 14.4. The Bertz CT molecular complexity index is 815. The normalized spacial score (nSPS) is 11.5. The summed E-state index contributed by atoms with van der Waals surface area (Å²) in [6.45, 7) is 5.18. The molecule has 0 aliphatic heterocycles. The van der Waals surface area contributed by atoms with Gasteiger partial charge in [-0.25, -0.2) is 9.59 Å². The molecule has 0 saturated carbocycles. The van der Waals surface area contributed by atoms with Gasteiger partial charge in [-0.05, 0) is 32.4 Å². The van der Waals surface area contributed by atoms with Crippen molar-refractivity contribution in [3.63, 3.8) is 0 Å².